The van der Waals surface area contributed by atoms with Crippen LogP contribution < -0.4 is 5.73 Å². The van der Waals surface area contributed by atoms with E-state index in [1.165, 1.54) is 24.3 Å². The van der Waals surface area contributed by atoms with Gasteiger partial charge in [-0.3, -0.25) is 9.69 Å². The van der Waals surface area contributed by atoms with E-state index < -0.39 is 6.04 Å². The number of benzene rings is 2. The molecule has 0 saturated carbocycles. The molecule has 7 heteroatoms. The SMILES string of the molecule is CC(N)C(=O)N1CCN(C(c2ccc(F)cc2)c2ccc(F)cc2)CC1.Cl. The zero-order chi connectivity index (χ0) is 18.7. The smallest absolute Gasteiger partial charge is 0.239 e. The van der Waals surface area contributed by atoms with Gasteiger partial charge in [0.05, 0.1) is 12.1 Å². The molecule has 0 bridgehead atoms. The second-order valence-electron chi connectivity index (χ2n) is 6.66. The molecule has 1 atom stereocenters. The zero-order valence-corrected chi connectivity index (χ0v) is 16.0. The van der Waals surface area contributed by atoms with Crippen molar-refractivity contribution in [2.75, 3.05) is 26.2 Å². The largest absolute Gasteiger partial charge is 0.339 e. The first-order valence-electron chi connectivity index (χ1n) is 8.75. The number of halogens is 3. The van der Waals surface area contributed by atoms with Gasteiger partial charge in [0.2, 0.25) is 5.91 Å². The lowest BCUT2D eigenvalue weighted by molar-refractivity contribution is -0.134. The van der Waals surface area contributed by atoms with E-state index in [9.17, 15) is 13.6 Å². The topological polar surface area (TPSA) is 49.6 Å². The Morgan fingerprint density at radius 3 is 1.67 bits per heavy atom. The Balaban J connectivity index is 0.00000261. The summed E-state index contributed by atoms with van der Waals surface area (Å²) in [5.74, 6) is -0.636. The fourth-order valence-electron chi connectivity index (χ4n) is 3.39. The Hall–Kier alpha value is -2.02. The van der Waals surface area contributed by atoms with Crippen molar-refractivity contribution in [3.8, 4) is 0 Å². The minimum atomic E-state index is -0.508. The molecular formula is C20H24ClF2N3O. The van der Waals surface area contributed by atoms with E-state index in [-0.39, 0.29) is 36.0 Å². The number of hydrogen-bond donors (Lipinski definition) is 1. The summed E-state index contributed by atoms with van der Waals surface area (Å²) in [6, 6.07) is 12.1. The van der Waals surface area contributed by atoms with E-state index in [4.69, 9.17) is 5.73 Å². The van der Waals surface area contributed by atoms with Crippen molar-refractivity contribution >= 4 is 18.3 Å². The van der Waals surface area contributed by atoms with Gasteiger partial charge >= 0.3 is 0 Å². The summed E-state index contributed by atoms with van der Waals surface area (Å²) in [4.78, 5) is 16.1. The molecule has 1 aliphatic heterocycles. The molecule has 27 heavy (non-hydrogen) atoms. The zero-order valence-electron chi connectivity index (χ0n) is 15.1. The number of amides is 1. The molecule has 0 spiro atoms. The second kappa shape index (κ2) is 9.26. The Morgan fingerprint density at radius 1 is 0.889 bits per heavy atom. The highest BCUT2D eigenvalue weighted by atomic mass is 35.5. The minimum Gasteiger partial charge on any atom is -0.339 e. The molecule has 146 valence electrons. The van der Waals surface area contributed by atoms with Crippen molar-refractivity contribution in [3.05, 3.63) is 71.3 Å². The highest BCUT2D eigenvalue weighted by Gasteiger charge is 2.29. The Labute approximate surface area is 164 Å². The third kappa shape index (κ3) is 5.03. The van der Waals surface area contributed by atoms with Crippen molar-refractivity contribution in [2.24, 2.45) is 5.73 Å². The molecule has 1 fully saturated rings. The van der Waals surface area contributed by atoms with Gasteiger partial charge in [0, 0.05) is 26.2 Å². The van der Waals surface area contributed by atoms with Crippen LogP contribution in [-0.4, -0.2) is 47.9 Å². The summed E-state index contributed by atoms with van der Waals surface area (Å²) in [5.41, 5.74) is 7.57. The number of carbonyl (C=O) groups is 1. The van der Waals surface area contributed by atoms with Crippen LogP contribution in [0.2, 0.25) is 0 Å². The molecule has 0 aromatic heterocycles. The molecule has 1 heterocycles. The molecule has 3 rings (SSSR count). The molecule has 2 aromatic carbocycles. The third-order valence-electron chi connectivity index (χ3n) is 4.75. The lowest BCUT2D eigenvalue weighted by atomic mass is 9.96. The Kier molecular flexibility index (Phi) is 7.30. The van der Waals surface area contributed by atoms with Gasteiger partial charge in [-0.15, -0.1) is 12.4 Å². The quantitative estimate of drug-likeness (QED) is 0.865. The fourth-order valence-corrected chi connectivity index (χ4v) is 3.39. The van der Waals surface area contributed by atoms with Crippen LogP contribution in [-0.2, 0) is 4.79 Å². The Bertz CT molecular complexity index is 699. The lowest BCUT2D eigenvalue weighted by Gasteiger charge is -2.40. The Morgan fingerprint density at radius 2 is 1.30 bits per heavy atom. The maximum Gasteiger partial charge on any atom is 0.239 e. The van der Waals surface area contributed by atoms with Gasteiger partial charge in [-0.05, 0) is 42.3 Å². The first-order chi connectivity index (χ1) is 12.5. The van der Waals surface area contributed by atoms with E-state index in [1.54, 1.807) is 36.1 Å². The third-order valence-corrected chi connectivity index (χ3v) is 4.75. The standard InChI is InChI=1S/C20H23F2N3O.ClH/c1-14(23)20(26)25-12-10-24(11-13-25)19(15-2-6-17(21)7-3-15)16-4-8-18(22)9-5-16;/h2-9,14,19H,10-13,23H2,1H3;1H. The average molecular weight is 396 g/mol. The summed E-state index contributed by atoms with van der Waals surface area (Å²) >= 11 is 0. The highest BCUT2D eigenvalue weighted by Crippen LogP contribution is 2.30. The molecular weight excluding hydrogens is 372 g/mol. The predicted molar refractivity (Wildman–Crippen MR) is 104 cm³/mol. The van der Waals surface area contributed by atoms with E-state index in [0.717, 1.165) is 11.1 Å². The van der Waals surface area contributed by atoms with Gasteiger partial charge in [0.15, 0.2) is 0 Å². The summed E-state index contributed by atoms with van der Waals surface area (Å²) < 4.78 is 26.7. The number of piperazine rings is 1. The van der Waals surface area contributed by atoms with E-state index >= 15 is 0 Å². The summed E-state index contributed by atoms with van der Waals surface area (Å²) in [6.07, 6.45) is 0. The number of nitrogens with two attached hydrogens (primary N) is 1. The molecule has 1 aliphatic rings. The minimum absolute atomic E-state index is 0. The number of rotatable bonds is 4. The summed E-state index contributed by atoms with van der Waals surface area (Å²) in [5, 5.41) is 0. The first kappa shape index (κ1) is 21.3. The molecule has 0 aliphatic carbocycles. The predicted octanol–water partition coefficient (Wildman–Crippen LogP) is 2.97. The van der Waals surface area contributed by atoms with Crippen molar-refractivity contribution in [2.45, 2.75) is 19.0 Å². The summed E-state index contributed by atoms with van der Waals surface area (Å²) in [7, 11) is 0. The second-order valence-corrected chi connectivity index (χ2v) is 6.66. The van der Waals surface area contributed by atoms with Crippen molar-refractivity contribution in [1.29, 1.82) is 0 Å². The molecule has 2 N–H and O–H groups in total. The van der Waals surface area contributed by atoms with Gasteiger partial charge < -0.3 is 10.6 Å². The normalized spacial score (nSPS) is 16.1. The molecule has 1 saturated heterocycles. The van der Waals surface area contributed by atoms with Crippen LogP contribution in [0.5, 0.6) is 0 Å². The number of hydrogen-bond acceptors (Lipinski definition) is 3. The maximum absolute atomic E-state index is 13.3. The van der Waals surface area contributed by atoms with Crippen LogP contribution in [0.15, 0.2) is 48.5 Å². The van der Waals surface area contributed by atoms with Crippen LogP contribution >= 0.6 is 12.4 Å². The van der Waals surface area contributed by atoms with Gasteiger partial charge in [0.25, 0.3) is 0 Å². The first-order valence-corrected chi connectivity index (χ1v) is 8.75. The molecule has 1 amide bonds. The van der Waals surface area contributed by atoms with Gasteiger partial charge in [0.1, 0.15) is 11.6 Å². The fraction of sp³-hybridized carbons (Fsp3) is 0.350. The van der Waals surface area contributed by atoms with E-state index in [0.29, 0.717) is 26.2 Å². The van der Waals surface area contributed by atoms with Crippen LogP contribution in [0.4, 0.5) is 8.78 Å². The lowest BCUT2D eigenvalue weighted by Crippen LogP contribution is -2.53. The van der Waals surface area contributed by atoms with Gasteiger partial charge in [-0.2, -0.15) is 0 Å². The monoisotopic (exact) mass is 395 g/mol. The van der Waals surface area contributed by atoms with Crippen LogP contribution in [0, 0.1) is 11.6 Å². The van der Waals surface area contributed by atoms with Crippen molar-refractivity contribution in [3.63, 3.8) is 0 Å². The van der Waals surface area contributed by atoms with Crippen LogP contribution in [0.3, 0.4) is 0 Å². The molecule has 1 unspecified atom stereocenters. The van der Waals surface area contributed by atoms with Crippen LogP contribution in [0.1, 0.15) is 24.1 Å². The molecule has 0 radical (unpaired) electrons. The molecule has 2 aromatic rings. The average Bonchev–Trinajstić information content (AvgIpc) is 2.65. The summed E-state index contributed by atoms with van der Waals surface area (Å²) in [6.45, 7) is 4.18. The van der Waals surface area contributed by atoms with E-state index in [2.05, 4.69) is 4.90 Å². The molecule has 4 nitrogen and oxygen atoms in total. The van der Waals surface area contributed by atoms with Crippen molar-refractivity contribution in [1.82, 2.24) is 9.80 Å². The van der Waals surface area contributed by atoms with E-state index in [1.807, 2.05) is 0 Å². The van der Waals surface area contributed by atoms with Gasteiger partial charge in [-0.1, -0.05) is 24.3 Å². The highest BCUT2D eigenvalue weighted by molar-refractivity contribution is 5.85. The van der Waals surface area contributed by atoms with Crippen molar-refractivity contribution < 1.29 is 13.6 Å². The van der Waals surface area contributed by atoms with Crippen LogP contribution in [0.25, 0.3) is 0 Å². The number of carbonyl (C=O) groups excluding carboxylic acids is 1. The maximum atomic E-state index is 13.3. The number of nitrogens with zero attached hydrogens (tertiary/aromatic N) is 2. The van der Waals surface area contributed by atoms with Gasteiger partial charge in [-0.25, -0.2) is 8.78 Å².